The Bertz CT molecular complexity index is 692. The van der Waals surface area contributed by atoms with E-state index in [1.807, 2.05) is 20.8 Å². The first-order valence-electron chi connectivity index (χ1n) is 9.50. The van der Waals surface area contributed by atoms with Crippen molar-refractivity contribution >= 4 is 18.3 Å². The molecule has 0 aliphatic rings. The topological polar surface area (TPSA) is 108 Å². The van der Waals surface area contributed by atoms with Gasteiger partial charge in [-0.25, -0.2) is 9.59 Å². The van der Waals surface area contributed by atoms with Crippen LogP contribution >= 0.6 is 0 Å². The maximum atomic E-state index is 11.4. The minimum atomic E-state index is -1.06. The minimum Gasteiger partial charge on any atom is -0.508 e. The number of benzene rings is 1. The Hall–Kier alpha value is -2.77. The fourth-order valence-corrected chi connectivity index (χ4v) is 1.80. The zero-order chi connectivity index (χ0) is 23.8. The smallest absolute Gasteiger partial charge is 0.508 e. The molecule has 170 valence electrons. The number of para-hydroxylation sites is 1. The van der Waals surface area contributed by atoms with E-state index in [9.17, 15) is 19.5 Å². The Kier molecular flexibility index (Phi) is 9.85. The first-order valence-corrected chi connectivity index (χ1v) is 9.50. The number of phenols is 1. The van der Waals surface area contributed by atoms with Gasteiger partial charge in [-0.2, -0.15) is 0 Å². The second-order valence-corrected chi connectivity index (χ2v) is 9.42. The van der Waals surface area contributed by atoms with E-state index in [-0.39, 0.29) is 18.1 Å². The van der Waals surface area contributed by atoms with Gasteiger partial charge in [0.25, 0.3) is 0 Å². The molecule has 0 aliphatic heterocycles. The van der Waals surface area contributed by atoms with Crippen LogP contribution in [0.25, 0.3) is 0 Å². The highest BCUT2D eigenvalue weighted by Crippen LogP contribution is 2.18. The van der Waals surface area contributed by atoms with Crippen LogP contribution in [0.2, 0.25) is 0 Å². The Morgan fingerprint density at radius 1 is 0.733 bits per heavy atom. The highest BCUT2D eigenvalue weighted by Gasteiger charge is 2.24. The molecular weight excluding hydrogens is 392 g/mol. The molecule has 0 saturated heterocycles. The number of phenolic OH excluding ortho intramolecular Hbond substituents is 1. The van der Waals surface area contributed by atoms with Gasteiger partial charge in [0.15, 0.2) is 0 Å². The van der Waals surface area contributed by atoms with Crippen molar-refractivity contribution in [2.45, 2.75) is 85.5 Å². The maximum absolute atomic E-state index is 11.4. The van der Waals surface area contributed by atoms with Crippen LogP contribution in [0.5, 0.6) is 5.75 Å². The quantitative estimate of drug-likeness (QED) is 0.393. The van der Waals surface area contributed by atoms with Gasteiger partial charge >= 0.3 is 18.3 Å². The van der Waals surface area contributed by atoms with Gasteiger partial charge in [-0.05, 0) is 68.4 Å². The summed E-state index contributed by atoms with van der Waals surface area (Å²) in [6.07, 6.45) is -2.02. The van der Waals surface area contributed by atoms with E-state index in [0.717, 1.165) is 0 Å². The molecule has 0 saturated carbocycles. The molecule has 1 N–H and O–H groups in total. The highest BCUT2D eigenvalue weighted by atomic mass is 16.8. The van der Waals surface area contributed by atoms with Gasteiger partial charge < -0.3 is 24.1 Å². The molecule has 0 fully saturated rings. The number of esters is 1. The first kappa shape index (κ1) is 27.2. The number of rotatable bonds is 2. The fraction of sp³-hybridized carbons (Fsp3) is 0.591. The summed E-state index contributed by atoms with van der Waals surface area (Å²) in [7, 11) is 0. The van der Waals surface area contributed by atoms with Crippen molar-refractivity contribution in [1.82, 2.24) is 0 Å². The molecule has 0 atom stereocenters. The Morgan fingerprint density at radius 2 is 1.13 bits per heavy atom. The van der Waals surface area contributed by atoms with Crippen molar-refractivity contribution in [2.75, 3.05) is 0 Å². The highest BCUT2D eigenvalue weighted by molar-refractivity contribution is 5.77. The van der Waals surface area contributed by atoms with Crippen LogP contribution in [-0.2, 0) is 30.2 Å². The van der Waals surface area contributed by atoms with E-state index >= 15 is 0 Å². The van der Waals surface area contributed by atoms with Crippen LogP contribution in [0.15, 0.2) is 24.3 Å². The van der Waals surface area contributed by atoms with E-state index in [2.05, 4.69) is 4.74 Å². The average Bonchev–Trinajstić information content (AvgIpc) is 2.44. The average molecular weight is 427 g/mol. The van der Waals surface area contributed by atoms with E-state index in [4.69, 9.17) is 14.2 Å². The zero-order valence-corrected chi connectivity index (χ0v) is 19.3. The summed E-state index contributed by atoms with van der Waals surface area (Å²) in [5, 5.41) is 9.45. The molecule has 0 radical (unpaired) electrons. The summed E-state index contributed by atoms with van der Waals surface area (Å²) in [5.74, 6) is -0.202. The van der Waals surface area contributed by atoms with E-state index < -0.39 is 29.1 Å². The summed E-state index contributed by atoms with van der Waals surface area (Å²) >= 11 is 0. The third kappa shape index (κ3) is 15.2. The van der Waals surface area contributed by atoms with Crippen LogP contribution in [-0.4, -0.2) is 40.2 Å². The zero-order valence-electron chi connectivity index (χ0n) is 19.3. The Balaban J connectivity index is 0.000000561. The minimum absolute atomic E-state index is 0.101. The van der Waals surface area contributed by atoms with Gasteiger partial charge in [0.2, 0.25) is 0 Å². The molecule has 0 unspecified atom stereocenters. The molecule has 0 aromatic heterocycles. The van der Waals surface area contributed by atoms with E-state index in [1.54, 1.807) is 65.8 Å². The van der Waals surface area contributed by atoms with Gasteiger partial charge in [-0.1, -0.05) is 18.2 Å². The van der Waals surface area contributed by atoms with Crippen molar-refractivity contribution in [3.8, 4) is 5.75 Å². The molecule has 0 aliphatic carbocycles. The first-order chi connectivity index (χ1) is 13.4. The second kappa shape index (κ2) is 10.8. The molecule has 0 spiro atoms. The Morgan fingerprint density at radius 3 is 1.50 bits per heavy atom. The van der Waals surface area contributed by atoms with Crippen LogP contribution in [0.1, 0.15) is 67.9 Å². The molecule has 0 heterocycles. The lowest BCUT2D eigenvalue weighted by molar-refractivity contribution is -0.153. The van der Waals surface area contributed by atoms with Crippen molar-refractivity contribution in [1.29, 1.82) is 0 Å². The summed E-state index contributed by atoms with van der Waals surface area (Å²) in [4.78, 5) is 33.5. The number of carbonyl (C=O) groups excluding carboxylic acids is 3. The number of hydrogen-bond acceptors (Lipinski definition) is 8. The van der Waals surface area contributed by atoms with E-state index in [0.29, 0.717) is 5.56 Å². The number of carbonyl (C=O) groups is 3. The van der Waals surface area contributed by atoms with Gasteiger partial charge in [-0.3, -0.25) is 4.79 Å². The van der Waals surface area contributed by atoms with Crippen LogP contribution in [0.4, 0.5) is 9.59 Å². The number of ether oxygens (including phenoxy) is 4. The van der Waals surface area contributed by atoms with Gasteiger partial charge in [0.05, 0.1) is 6.42 Å². The Labute approximate surface area is 178 Å². The summed E-state index contributed by atoms with van der Waals surface area (Å²) in [6.45, 7) is 15.5. The van der Waals surface area contributed by atoms with Crippen LogP contribution in [0.3, 0.4) is 0 Å². The molecule has 1 aromatic rings. The molecule has 1 aromatic carbocycles. The van der Waals surface area contributed by atoms with Crippen molar-refractivity contribution < 1.29 is 38.4 Å². The molecule has 8 nitrogen and oxygen atoms in total. The van der Waals surface area contributed by atoms with Gasteiger partial charge in [0.1, 0.15) is 22.6 Å². The lowest BCUT2D eigenvalue weighted by atomic mass is 10.1. The van der Waals surface area contributed by atoms with Gasteiger partial charge in [-0.15, -0.1) is 0 Å². The maximum Gasteiger partial charge on any atom is 0.519 e. The molecule has 0 amide bonds. The van der Waals surface area contributed by atoms with Crippen molar-refractivity contribution in [2.24, 2.45) is 0 Å². The molecule has 8 heteroatoms. The van der Waals surface area contributed by atoms with Crippen LogP contribution < -0.4 is 0 Å². The van der Waals surface area contributed by atoms with Gasteiger partial charge in [0, 0.05) is 5.56 Å². The lowest BCUT2D eigenvalue weighted by Crippen LogP contribution is -2.29. The fourth-order valence-electron chi connectivity index (χ4n) is 1.80. The predicted molar refractivity (Wildman–Crippen MR) is 111 cm³/mol. The van der Waals surface area contributed by atoms with Crippen LogP contribution in [0, 0.1) is 0 Å². The summed E-state index contributed by atoms with van der Waals surface area (Å²) in [5.41, 5.74) is -1.29. The molecule has 1 rings (SSSR count). The molecule has 30 heavy (non-hydrogen) atoms. The lowest BCUT2D eigenvalue weighted by Gasteiger charge is -2.20. The largest absolute Gasteiger partial charge is 0.519 e. The normalized spacial score (nSPS) is 11.5. The SMILES string of the molecule is CC(C)(C)OC(=O)Cc1ccccc1O.CC(C)(C)OC(=O)OC(=O)OC(C)(C)C. The third-order valence-corrected chi connectivity index (χ3v) is 2.69. The van der Waals surface area contributed by atoms with Crippen molar-refractivity contribution in [3.63, 3.8) is 0 Å². The monoisotopic (exact) mass is 426 g/mol. The molecular formula is C22H34O8. The summed E-state index contributed by atoms with van der Waals surface area (Å²) in [6, 6.07) is 6.76. The second-order valence-electron chi connectivity index (χ2n) is 9.42. The molecule has 0 bridgehead atoms. The number of hydrogen-bond donors (Lipinski definition) is 1. The standard InChI is InChI=1S/C12H16O3.C10H18O5/c1-12(2,3)15-11(14)8-9-6-4-5-7-10(9)13;1-9(2,3)14-7(11)13-8(12)15-10(4,5)6/h4-7,13H,8H2,1-3H3;1-6H3. The van der Waals surface area contributed by atoms with Crippen molar-refractivity contribution in [3.05, 3.63) is 29.8 Å². The third-order valence-electron chi connectivity index (χ3n) is 2.69. The van der Waals surface area contributed by atoms with E-state index in [1.165, 1.54) is 0 Å². The number of aromatic hydroxyl groups is 1. The summed E-state index contributed by atoms with van der Waals surface area (Å²) < 4.78 is 18.9. The predicted octanol–water partition coefficient (Wildman–Crippen LogP) is 5.15.